The van der Waals surface area contributed by atoms with Crippen molar-refractivity contribution < 1.29 is 0 Å². The van der Waals surface area contributed by atoms with Gasteiger partial charge in [-0.2, -0.15) is 0 Å². The lowest BCUT2D eigenvalue weighted by Gasteiger charge is -2.39. The van der Waals surface area contributed by atoms with Crippen molar-refractivity contribution in [2.75, 3.05) is 19.6 Å². The van der Waals surface area contributed by atoms with Gasteiger partial charge in [-0.1, -0.05) is 20.8 Å². The Hall–Kier alpha value is -0.0800. The van der Waals surface area contributed by atoms with Gasteiger partial charge in [0.15, 0.2) is 0 Å². The third kappa shape index (κ3) is 3.69. The average Bonchev–Trinajstić information content (AvgIpc) is 2.54. The van der Waals surface area contributed by atoms with Gasteiger partial charge in [-0.3, -0.25) is 4.90 Å². The van der Waals surface area contributed by atoms with E-state index < -0.39 is 0 Å². The van der Waals surface area contributed by atoms with E-state index in [4.69, 9.17) is 0 Å². The molecule has 1 saturated carbocycles. The Morgan fingerprint density at radius 3 is 2.47 bits per heavy atom. The van der Waals surface area contributed by atoms with Gasteiger partial charge in [-0.15, -0.1) is 0 Å². The van der Waals surface area contributed by atoms with Gasteiger partial charge in [0.25, 0.3) is 0 Å². The molecule has 0 aromatic heterocycles. The van der Waals surface area contributed by atoms with Gasteiger partial charge in [0, 0.05) is 25.2 Å². The van der Waals surface area contributed by atoms with Crippen LogP contribution in [0.5, 0.6) is 0 Å². The highest BCUT2D eigenvalue weighted by Crippen LogP contribution is 2.37. The molecule has 2 rings (SSSR count). The zero-order valence-corrected chi connectivity index (χ0v) is 12.0. The predicted molar refractivity (Wildman–Crippen MR) is 74.3 cm³/mol. The van der Waals surface area contributed by atoms with Crippen LogP contribution in [0.4, 0.5) is 0 Å². The molecule has 0 spiro atoms. The molecule has 1 aliphatic carbocycles. The van der Waals surface area contributed by atoms with Crippen LogP contribution in [0.2, 0.25) is 0 Å². The molecule has 100 valence electrons. The molecule has 1 N–H and O–H groups in total. The summed E-state index contributed by atoms with van der Waals surface area (Å²) in [5.41, 5.74) is 0.604. The van der Waals surface area contributed by atoms with Gasteiger partial charge < -0.3 is 5.32 Å². The summed E-state index contributed by atoms with van der Waals surface area (Å²) in [7, 11) is 0. The highest BCUT2D eigenvalue weighted by atomic mass is 15.2. The number of hydrogen-bond donors (Lipinski definition) is 1. The van der Waals surface area contributed by atoms with Crippen LogP contribution < -0.4 is 5.32 Å². The summed E-state index contributed by atoms with van der Waals surface area (Å²) >= 11 is 0. The second kappa shape index (κ2) is 5.71. The third-order valence-corrected chi connectivity index (χ3v) is 4.91. The minimum atomic E-state index is 0.604. The van der Waals surface area contributed by atoms with Gasteiger partial charge in [0.05, 0.1) is 0 Å². The van der Waals surface area contributed by atoms with E-state index in [1.54, 1.807) is 0 Å². The molecule has 2 nitrogen and oxygen atoms in total. The third-order valence-electron chi connectivity index (χ3n) is 4.91. The largest absolute Gasteiger partial charge is 0.313 e. The predicted octanol–water partition coefficient (Wildman–Crippen LogP) is 3.03. The van der Waals surface area contributed by atoms with Crippen molar-refractivity contribution in [3.8, 4) is 0 Å². The van der Waals surface area contributed by atoms with Crippen LogP contribution in [0.3, 0.4) is 0 Å². The minimum Gasteiger partial charge on any atom is -0.313 e. The summed E-state index contributed by atoms with van der Waals surface area (Å²) < 4.78 is 0. The van der Waals surface area contributed by atoms with E-state index in [1.807, 2.05) is 0 Å². The Labute approximate surface area is 107 Å². The maximum Gasteiger partial charge on any atom is 0.0110 e. The van der Waals surface area contributed by atoms with Crippen molar-refractivity contribution in [1.29, 1.82) is 0 Å². The Kier molecular flexibility index (Phi) is 4.48. The normalized spacial score (nSPS) is 32.3. The fourth-order valence-electron chi connectivity index (χ4n) is 3.41. The van der Waals surface area contributed by atoms with Crippen molar-refractivity contribution >= 4 is 0 Å². The standard InChI is InChI=1S/C15H30N2/c1-4-13-7-11-17(12-10-16-13)14-5-8-15(2,3)9-6-14/h13-14,16H,4-12H2,1-3H3. The maximum atomic E-state index is 3.67. The van der Waals surface area contributed by atoms with Crippen LogP contribution in [0, 0.1) is 5.41 Å². The lowest BCUT2D eigenvalue weighted by Crippen LogP contribution is -2.41. The van der Waals surface area contributed by atoms with E-state index >= 15 is 0 Å². The lowest BCUT2D eigenvalue weighted by molar-refractivity contribution is 0.112. The Morgan fingerprint density at radius 1 is 1.12 bits per heavy atom. The van der Waals surface area contributed by atoms with Crippen LogP contribution in [0.15, 0.2) is 0 Å². The molecule has 0 bridgehead atoms. The highest BCUT2D eigenvalue weighted by Gasteiger charge is 2.30. The van der Waals surface area contributed by atoms with Gasteiger partial charge in [-0.05, 0) is 50.5 Å². The van der Waals surface area contributed by atoms with Crippen LogP contribution in [0.25, 0.3) is 0 Å². The molecular formula is C15H30N2. The van der Waals surface area contributed by atoms with Crippen LogP contribution in [-0.4, -0.2) is 36.6 Å². The SMILES string of the molecule is CCC1CCN(C2CCC(C)(C)CC2)CCN1. The quantitative estimate of drug-likeness (QED) is 0.795. The molecule has 2 fully saturated rings. The van der Waals surface area contributed by atoms with Crippen molar-refractivity contribution in [3.05, 3.63) is 0 Å². The van der Waals surface area contributed by atoms with Crippen molar-refractivity contribution in [1.82, 2.24) is 10.2 Å². The Morgan fingerprint density at radius 2 is 1.82 bits per heavy atom. The summed E-state index contributed by atoms with van der Waals surface area (Å²) in [6, 6.07) is 1.64. The molecule has 0 aromatic carbocycles. The van der Waals surface area contributed by atoms with Crippen molar-refractivity contribution in [2.45, 2.75) is 71.4 Å². The number of nitrogens with zero attached hydrogens (tertiary/aromatic N) is 1. The summed E-state index contributed by atoms with van der Waals surface area (Å²) in [4.78, 5) is 2.76. The summed E-state index contributed by atoms with van der Waals surface area (Å²) in [6.45, 7) is 10.9. The molecule has 0 radical (unpaired) electrons. The van der Waals surface area contributed by atoms with Crippen LogP contribution in [0.1, 0.15) is 59.3 Å². The fraction of sp³-hybridized carbons (Fsp3) is 1.00. The first kappa shape index (κ1) is 13.4. The lowest BCUT2D eigenvalue weighted by atomic mass is 9.75. The molecular weight excluding hydrogens is 208 g/mol. The first-order valence-corrected chi connectivity index (χ1v) is 7.58. The van der Waals surface area contributed by atoms with Gasteiger partial charge in [0.1, 0.15) is 0 Å². The number of rotatable bonds is 2. The van der Waals surface area contributed by atoms with E-state index in [9.17, 15) is 0 Å². The second-order valence-corrected chi connectivity index (χ2v) is 6.78. The van der Waals surface area contributed by atoms with E-state index in [-0.39, 0.29) is 0 Å². The molecule has 2 heteroatoms. The van der Waals surface area contributed by atoms with E-state index in [0.717, 1.165) is 12.1 Å². The topological polar surface area (TPSA) is 15.3 Å². The van der Waals surface area contributed by atoms with Gasteiger partial charge in [-0.25, -0.2) is 0 Å². The Balaban J connectivity index is 1.82. The summed E-state index contributed by atoms with van der Waals surface area (Å²) in [6.07, 6.45) is 8.30. The average molecular weight is 238 g/mol. The zero-order chi connectivity index (χ0) is 12.3. The van der Waals surface area contributed by atoms with Crippen molar-refractivity contribution in [2.24, 2.45) is 5.41 Å². The molecule has 0 amide bonds. The van der Waals surface area contributed by atoms with Gasteiger partial charge in [0.2, 0.25) is 0 Å². The minimum absolute atomic E-state index is 0.604. The molecule has 17 heavy (non-hydrogen) atoms. The molecule has 2 aliphatic rings. The molecule has 1 heterocycles. The van der Waals surface area contributed by atoms with E-state index in [0.29, 0.717) is 5.41 Å². The van der Waals surface area contributed by atoms with E-state index in [1.165, 1.54) is 58.2 Å². The molecule has 0 aromatic rings. The molecule has 1 aliphatic heterocycles. The van der Waals surface area contributed by atoms with Gasteiger partial charge >= 0.3 is 0 Å². The maximum absolute atomic E-state index is 3.67. The first-order valence-electron chi connectivity index (χ1n) is 7.58. The summed E-state index contributed by atoms with van der Waals surface area (Å²) in [5, 5.41) is 3.67. The summed E-state index contributed by atoms with van der Waals surface area (Å²) in [5.74, 6) is 0. The Bertz CT molecular complexity index is 227. The van der Waals surface area contributed by atoms with Crippen LogP contribution in [-0.2, 0) is 0 Å². The highest BCUT2D eigenvalue weighted by molar-refractivity contribution is 4.86. The molecule has 1 unspecified atom stereocenters. The number of hydrogen-bond acceptors (Lipinski definition) is 2. The first-order chi connectivity index (χ1) is 8.11. The smallest absolute Gasteiger partial charge is 0.0110 e. The molecule has 1 atom stereocenters. The fourth-order valence-corrected chi connectivity index (χ4v) is 3.41. The molecule has 1 saturated heterocycles. The zero-order valence-electron chi connectivity index (χ0n) is 12.0. The number of nitrogens with one attached hydrogen (secondary N) is 1. The van der Waals surface area contributed by atoms with Crippen molar-refractivity contribution in [3.63, 3.8) is 0 Å². The van der Waals surface area contributed by atoms with E-state index in [2.05, 4.69) is 31.0 Å². The van der Waals surface area contributed by atoms with Crippen LogP contribution >= 0.6 is 0 Å². The second-order valence-electron chi connectivity index (χ2n) is 6.78. The monoisotopic (exact) mass is 238 g/mol.